The highest BCUT2D eigenvalue weighted by atomic mass is 14.3. The molecule has 0 bridgehead atoms. The summed E-state index contributed by atoms with van der Waals surface area (Å²) in [5.41, 5.74) is 21.8. The maximum Gasteiger partial charge on any atom is 0.0273 e. The summed E-state index contributed by atoms with van der Waals surface area (Å²) in [5, 5.41) is 0. The van der Waals surface area contributed by atoms with Crippen LogP contribution in [0.5, 0.6) is 0 Å². The van der Waals surface area contributed by atoms with Gasteiger partial charge in [-0.3, -0.25) is 0 Å². The average Bonchev–Trinajstić information content (AvgIpc) is 0.826. The van der Waals surface area contributed by atoms with Crippen LogP contribution in [0.3, 0.4) is 0 Å². The molecule has 0 aliphatic carbocycles. The molecule has 8 aromatic carbocycles. The van der Waals surface area contributed by atoms with E-state index in [2.05, 4.69) is 364 Å². The van der Waals surface area contributed by atoms with Crippen LogP contribution >= 0.6 is 0 Å². The number of benzene rings is 8. The zero-order valence-corrected chi connectivity index (χ0v) is 61.0. The van der Waals surface area contributed by atoms with Gasteiger partial charge in [-0.25, -0.2) is 0 Å². The Hall–Kier alpha value is -9.32. The van der Waals surface area contributed by atoms with Crippen molar-refractivity contribution in [3.8, 4) is 82.9 Å². The minimum Gasteiger partial charge on any atom is -0.0622 e. The van der Waals surface area contributed by atoms with Gasteiger partial charge in [0, 0.05) is 77.9 Å². The Morgan fingerprint density at radius 2 is 0.255 bits per heavy atom. The van der Waals surface area contributed by atoms with Gasteiger partial charge in [0.2, 0.25) is 0 Å². The van der Waals surface area contributed by atoms with E-state index < -0.39 is 0 Å². The number of hydrogen-bond acceptors (Lipinski definition) is 0. The molecule has 0 unspecified atom stereocenters. The lowest BCUT2D eigenvalue weighted by Gasteiger charge is -2.25. The number of hydrogen-bond donors (Lipinski definition) is 0. The molecule has 0 N–H and O–H groups in total. The zero-order chi connectivity index (χ0) is 69.0. The molecule has 0 aliphatic rings. The summed E-state index contributed by atoms with van der Waals surface area (Å²) in [6.07, 6.45) is 0. The van der Waals surface area contributed by atoms with Crippen molar-refractivity contribution in [3.63, 3.8) is 0 Å². The van der Waals surface area contributed by atoms with Gasteiger partial charge in [0.15, 0.2) is 0 Å². The Morgan fingerprint density at radius 3 is 0.383 bits per heavy atom. The number of rotatable bonds is 0. The van der Waals surface area contributed by atoms with Gasteiger partial charge in [0.1, 0.15) is 0 Å². The predicted octanol–water partition coefficient (Wildman–Crippen LogP) is 21.9. The van der Waals surface area contributed by atoms with Crippen LogP contribution < -0.4 is 0 Å². The molecule has 0 amide bonds. The standard InChI is InChI=1S/C94H98/c1-87(2,3)79-53-75(54-80(61-79)88(4,5)6)40-36-71-47-69(48-72(51-71)37-41-76-55-81(89(7,8)9)62-82(56-76)90(10,11)12)34-32-67-44-66(31-30-65-28-26-25-27-29-65)45-68(46-67)33-35-70-49-73(38-42-77-57-83(91(13,14)15)63-84(58-77)92(16,17)18)52-74(50-70)39-43-78-59-85(93(19,20)21)64-86(60-78)94(22,23)24/h25-29,44-64H,1-24H3. The molecule has 474 valence electrons. The molecule has 0 spiro atoms. The van der Waals surface area contributed by atoms with Crippen molar-refractivity contribution in [1.82, 2.24) is 0 Å². The first-order chi connectivity index (χ1) is 43.5. The molecular formula is C94H98. The fraction of sp³-hybridized carbons (Fsp3) is 0.340. The summed E-state index contributed by atoms with van der Waals surface area (Å²) >= 11 is 0. The second-order valence-electron chi connectivity index (χ2n) is 33.7. The molecule has 0 aromatic heterocycles. The molecule has 0 aliphatic heterocycles. The van der Waals surface area contributed by atoms with Crippen LogP contribution in [-0.4, -0.2) is 0 Å². The average molecular weight is 1230 g/mol. The Labute approximate surface area is 569 Å². The van der Waals surface area contributed by atoms with Crippen molar-refractivity contribution in [2.45, 2.75) is 209 Å². The van der Waals surface area contributed by atoms with E-state index in [1.165, 1.54) is 44.5 Å². The van der Waals surface area contributed by atoms with Gasteiger partial charge in [-0.2, -0.15) is 0 Å². The Kier molecular flexibility index (Phi) is 20.5. The Morgan fingerprint density at radius 1 is 0.138 bits per heavy atom. The van der Waals surface area contributed by atoms with E-state index in [4.69, 9.17) is 0 Å². The van der Waals surface area contributed by atoms with Gasteiger partial charge in [0.25, 0.3) is 0 Å². The van der Waals surface area contributed by atoms with Gasteiger partial charge in [-0.1, -0.05) is 292 Å². The molecule has 0 fully saturated rings. The highest BCUT2D eigenvalue weighted by Gasteiger charge is 2.24. The fourth-order valence-corrected chi connectivity index (χ4v) is 10.3. The van der Waals surface area contributed by atoms with Crippen molar-refractivity contribution in [2.75, 3.05) is 0 Å². The van der Waals surface area contributed by atoms with Gasteiger partial charge in [-0.05, 0) is 203 Å². The van der Waals surface area contributed by atoms with E-state index in [1.807, 2.05) is 42.5 Å². The van der Waals surface area contributed by atoms with Gasteiger partial charge >= 0.3 is 0 Å². The molecule has 0 saturated carbocycles. The predicted molar refractivity (Wildman–Crippen MR) is 403 cm³/mol. The maximum atomic E-state index is 3.58. The van der Waals surface area contributed by atoms with E-state index in [0.29, 0.717) is 0 Å². The zero-order valence-electron chi connectivity index (χ0n) is 61.0. The normalized spacial score (nSPS) is 11.9. The second-order valence-corrected chi connectivity index (χ2v) is 33.7. The lowest BCUT2D eigenvalue weighted by atomic mass is 9.79. The first kappa shape index (κ1) is 70.5. The molecule has 0 atom stereocenters. The van der Waals surface area contributed by atoms with Crippen LogP contribution in [0.2, 0.25) is 0 Å². The first-order valence-corrected chi connectivity index (χ1v) is 33.3. The summed E-state index contributed by atoms with van der Waals surface area (Å²) in [6.45, 7) is 54.2. The van der Waals surface area contributed by atoms with Crippen LogP contribution in [0.15, 0.2) is 158 Å². The Bertz CT molecular complexity index is 4040. The van der Waals surface area contributed by atoms with Crippen LogP contribution in [0.4, 0.5) is 0 Å². The molecule has 0 saturated heterocycles. The molecule has 0 radical (unpaired) electrons. The van der Waals surface area contributed by atoms with Gasteiger partial charge in [-0.15, -0.1) is 0 Å². The van der Waals surface area contributed by atoms with Crippen molar-refractivity contribution >= 4 is 0 Å². The minimum atomic E-state index is -0.0455. The van der Waals surface area contributed by atoms with E-state index in [9.17, 15) is 0 Å². The SMILES string of the molecule is CC(C)(C)c1cc(C#Cc2cc(C#Cc3cc(C#Cc4ccccc4)cc(C#Cc4cc(C#Cc5cc(C(C)(C)C)cc(C(C)(C)C)c5)cc(C#Cc5cc(C(C)(C)C)cc(C(C)(C)C)c5)c4)c3)cc(C#Cc3cc(C(C)(C)C)cc(C(C)(C)C)c3)c2)cc(C(C)(C)C)c1. The first-order valence-electron chi connectivity index (χ1n) is 33.3. The maximum absolute atomic E-state index is 3.58. The van der Waals surface area contributed by atoms with Gasteiger partial charge in [0.05, 0.1) is 0 Å². The topological polar surface area (TPSA) is 0 Å². The highest BCUT2D eigenvalue weighted by Crippen LogP contribution is 2.35. The molecule has 8 rings (SSSR count). The third-order valence-corrected chi connectivity index (χ3v) is 16.7. The molecule has 0 heterocycles. The van der Waals surface area contributed by atoms with Crippen molar-refractivity contribution < 1.29 is 0 Å². The van der Waals surface area contributed by atoms with Gasteiger partial charge < -0.3 is 0 Å². The van der Waals surface area contributed by atoms with Crippen LogP contribution in [-0.2, 0) is 43.3 Å². The Balaban J connectivity index is 1.29. The van der Waals surface area contributed by atoms with Crippen LogP contribution in [0, 0.1) is 82.9 Å². The van der Waals surface area contributed by atoms with Crippen molar-refractivity contribution in [2.24, 2.45) is 0 Å². The lowest BCUT2D eigenvalue weighted by molar-refractivity contribution is 0.567. The van der Waals surface area contributed by atoms with E-state index >= 15 is 0 Å². The fourth-order valence-electron chi connectivity index (χ4n) is 10.3. The van der Waals surface area contributed by atoms with Crippen LogP contribution in [0.25, 0.3) is 0 Å². The van der Waals surface area contributed by atoms with Crippen LogP contribution in [0.1, 0.15) is 289 Å². The van der Waals surface area contributed by atoms with Crippen molar-refractivity contribution in [3.05, 3.63) is 280 Å². The third kappa shape index (κ3) is 20.1. The monoisotopic (exact) mass is 1230 g/mol. The molecule has 0 heteroatoms. The summed E-state index contributed by atoms with van der Waals surface area (Å²) in [4.78, 5) is 0. The molecule has 94 heavy (non-hydrogen) atoms. The quantitative estimate of drug-likeness (QED) is 0.133. The summed E-state index contributed by atoms with van der Waals surface area (Å²) in [6, 6.07) is 55.9. The summed E-state index contributed by atoms with van der Waals surface area (Å²) in [7, 11) is 0. The summed E-state index contributed by atoms with van der Waals surface area (Å²) < 4.78 is 0. The second kappa shape index (κ2) is 27.3. The van der Waals surface area contributed by atoms with E-state index in [1.54, 1.807) is 0 Å². The summed E-state index contributed by atoms with van der Waals surface area (Å²) in [5.74, 6) is 49.6. The molecule has 0 nitrogen and oxygen atoms in total. The smallest absolute Gasteiger partial charge is 0.0273 e. The highest BCUT2D eigenvalue weighted by molar-refractivity contribution is 5.61. The third-order valence-electron chi connectivity index (χ3n) is 16.7. The molecule has 8 aromatic rings. The molecular weight excluding hydrogens is 1130 g/mol. The van der Waals surface area contributed by atoms with E-state index in [0.717, 1.165) is 77.9 Å². The minimum absolute atomic E-state index is 0.0455. The van der Waals surface area contributed by atoms with E-state index in [-0.39, 0.29) is 43.3 Å². The largest absolute Gasteiger partial charge is 0.0622 e. The van der Waals surface area contributed by atoms with Crippen molar-refractivity contribution in [1.29, 1.82) is 0 Å². The lowest BCUT2D eigenvalue weighted by Crippen LogP contribution is -2.16.